The fourth-order valence-electron chi connectivity index (χ4n) is 2.99. The second-order valence-corrected chi connectivity index (χ2v) is 6.13. The van der Waals surface area contributed by atoms with Crippen molar-refractivity contribution in [3.63, 3.8) is 0 Å². The van der Waals surface area contributed by atoms with Crippen LogP contribution in [0.3, 0.4) is 0 Å². The highest BCUT2D eigenvalue weighted by Gasteiger charge is 2.14. The summed E-state index contributed by atoms with van der Waals surface area (Å²) in [5.74, 6) is -0.234. The molecule has 0 bridgehead atoms. The highest BCUT2D eigenvalue weighted by Crippen LogP contribution is 2.35. The number of rotatable bonds is 3. The molecular formula is C21H18FN3. The zero-order valence-corrected chi connectivity index (χ0v) is 13.9. The number of allylic oxidation sites excluding steroid dienone is 2. The average Bonchev–Trinajstić information content (AvgIpc) is 3.09. The predicted octanol–water partition coefficient (Wildman–Crippen LogP) is 4.73. The van der Waals surface area contributed by atoms with Gasteiger partial charge in [0, 0.05) is 37.2 Å². The minimum atomic E-state index is -0.234. The highest BCUT2D eigenvalue weighted by molar-refractivity contribution is 5.86. The zero-order chi connectivity index (χ0) is 17.2. The third kappa shape index (κ3) is 3.11. The lowest BCUT2D eigenvalue weighted by atomic mass is 10.0. The Labute approximate surface area is 146 Å². The first-order chi connectivity index (χ1) is 12.2. The Morgan fingerprint density at radius 1 is 1.04 bits per heavy atom. The van der Waals surface area contributed by atoms with Gasteiger partial charge in [0.2, 0.25) is 0 Å². The van der Waals surface area contributed by atoms with Crippen molar-refractivity contribution in [1.82, 2.24) is 14.9 Å². The minimum absolute atomic E-state index is 0.234. The van der Waals surface area contributed by atoms with E-state index in [2.05, 4.69) is 39.3 Å². The molecule has 0 radical (unpaired) electrons. The Morgan fingerprint density at radius 3 is 2.48 bits per heavy atom. The Balaban J connectivity index is 1.84. The van der Waals surface area contributed by atoms with Gasteiger partial charge in [-0.25, -0.2) is 4.39 Å². The molecule has 25 heavy (non-hydrogen) atoms. The van der Waals surface area contributed by atoms with E-state index in [4.69, 9.17) is 0 Å². The van der Waals surface area contributed by atoms with Crippen LogP contribution in [0.25, 0.3) is 28.0 Å². The third-order valence-corrected chi connectivity index (χ3v) is 4.36. The van der Waals surface area contributed by atoms with Gasteiger partial charge in [0.25, 0.3) is 0 Å². The van der Waals surface area contributed by atoms with Crippen LogP contribution in [0.5, 0.6) is 0 Å². The highest BCUT2D eigenvalue weighted by atomic mass is 19.1. The molecule has 1 aliphatic heterocycles. The number of hydrogen-bond donors (Lipinski definition) is 1. The van der Waals surface area contributed by atoms with Gasteiger partial charge < -0.3 is 9.88 Å². The molecule has 1 N–H and O–H groups in total. The van der Waals surface area contributed by atoms with Crippen molar-refractivity contribution < 1.29 is 4.39 Å². The molecule has 0 saturated heterocycles. The molecule has 0 aliphatic carbocycles. The first-order valence-electron chi connectivity index (χ1n) is 8.19. The van der Waals surface area contributed by atoms with Crippen LogP contribution in [0.2, 0.25) is 0 Å². The van der Waals surface area contributed by atoms with Crippen LogP contribution in [0.15, 0.2) is 73.2 Å². The van der Waals surface area contributed by atoms with Crippen LogP contribution in [-0.2, 0) is 0 Å². The molecule has 0 amide bonds. The first-order valence-corrected chi connectivity index (χ1v) is 8.19. The number of pyridine rings is 1. The van der Waals surface area contributed by atoms with Crippen molar-refractivity contribution in [2.45, 2.75) is 0 Å². The smallest absolute Gasteiger partial charge is 0.123 e. The van der Waals surface area contributed by atoms with Crippen molar-refractivity contribution in [2.24, 2.45) is 0 Å². The number of nitrogens with one attached hydrogen (secondary N) is 1. The summed E-state index contributed by atoms with van der Waals surface area (Å²) in [4.78, 5) is 9.74. The number of aromatic amines is 1. The number of aromatic nitrogens is 2. The molecule has 0 fully saturated rings. The van der Waals surface area contributed by atoms with Crippen LogP contribution in [-0.4, -0.2) is 28.5 Å². The number of benzene rings is 1. The summed E-state index contributed by atoms with van der Waals surface area (Å²) in [6.07, 6.45) is 9.92. The Hall–Kier alpha value is -3.14. The van der Waals surface area contributed by atoms with Crippen LogP contribution in [0, 0.1) is 5.82 Å². The molecule has 0 spiro atoms. The minimum Gasteiger partial charge on any atom is -0.377 e. The molecule has 0 saturated carbocycles. The van der Waals surface area contributed by atoms with Gasteiger partial charge in [-0.2, -0.15) is 0 Å². The van der Waals surface area contributed by atoms with Crippen LogP contribution >= 0.6 is 0 Å². The van der Waals surface area contributed by atoms with Gasteiger partial charge >= 0.3 is 0 Å². The van der Waals surface area contributed by atoms with Crippen molar-refractivity contribution in [2.75, 3.05) is 13.6 Å². The number of H-pyrrole nitrogens is 1. The lowest BCUT2D eigenvalue weighted by molar-refractivity contribution is 0.506. The number of nitrogens with zero attached hydrogens (tertiary/aromatic N) is 2. The van der Waals surface area contributed by atoms with E-state index in [-0.39, 0.29) is 5.82 Å². The maximum absolute atomic E-state index is 13.3. The van der Waals surface area contributed by atoms with E-state index >= 15 is 0 Å². The van der Waals surface area contributed by atoms with E-state index in [1.54, 1.807) is 24.5 Å². The maximum Gasteiger partial charge on any atom is 0.123 e. The molecule has 2 aromatic heterocycles. The summed E-state index contributed by atoms with van der Waals surface area (Å²) in [5, 5.41) is 0. The molecule has 4 rings (SSSR count). The van der Waals surface area contributed by atoms with E-state index in [0.717, 1.165) is 40.2 Å². The topological polar surface area (TPSA) is 31.9 Å². The van der Waals surface area contributed by atoms with Crippen LogP contribution < -0.4 is 0 Å². The second kappa shape index (κ2) is 6.40. The summed E-state index contributed by atoms with van der Waals surface area (Å²) in [7, 11) is 2.05. The molecule has 3 heterocycles. The average molecular weight is 331 g/mol. The van der Waals surface area contributed by atoms with Crippen molar-refractivity contribution in [3.8, 4) is 22.4 Å². The van der Waals surface area contributed by atoms with E-state index in [0.29, 0.717) is 0 Å². The Bertz CT molecular complexity index is 937. The van der Waals surface area contributed by atoms with E-state index in [1.165, 1.54) is 12.1 Å². The zero-order valence-electron chi connectivity index (χ0n) is 13.9. The van der Waals surface area contributed by atoms with E-state index < -0.39 is 0 Å². The first kappa shape index (κ1) is 15.4. The number of halogens is 1. The molecule has 124 valence electrons. The molecule has 4 heteroatoms. The molecule has 3 aromatic rings. The fourth-order valence-corrected chi connectivity index (χ4v) is 2.99. The van der Waals surface area contributed by atoms with Gasteiger partial charge in [-0.3, -0.25) is 4.98 Å². The predicted molar refractivity (Wildman–Crippen MR) is 99.2 cm³/mol. The van der Waals surface area contributed by atoms with Gasteiger partial charge in [-0.05, 0) is 71.4 Å². The van der Waals surface area contributed by atoms with E-state index in [1.807, 2.05) is 19.2 Å². The lowest BCUT2D eigenvalue weighted by Crippen LogP contribution is -2.13. The number of likely N-dealkylation sites (N-methyl/N-ethyl adjacent to an activating group) is 1. The van der Waals surface area contributed by atoms with Crippen LogP contribution in [0.1, 0.15) is 5.69 Å². The molecule has 3 nitrogen and oxygen atoms in total. The van der Waals surface area contributed by atoms with Gasteiger partial charge in [-0.15, -0.1) is 0 Å². The summed E-state index contributed by atoms with van der Waals surface area (Å²) in [6, 6.07) is 12.7. The second-order valence-electron chi connectivity index (χ2n) is 6.13. The van der Waals surface area contributed by atoms with Crippen molar-refractivity contribution >= 4 is 5.57 Å². The molecule has 1 aromatic carbocycles. The van der Waals surface area contributed by atoms with Crippen molar-refractivity contribution in [3.05, 3.63) is 84.7 Å². The van der Waals surface area contributed by atoms with Gasteiger partial charge in [0.05, 0.1) is 5.69 Å². The molecule has 1 aliphatic rings. The molecular weight excluding hydrogens is 313 g/mol. The Kier molecular flexibility index (Phi) is 3.94. The summed E-state index contributed by atoms with van der Waals surface area (Å²) < 4.78 is 13.3. The summed E-state index contributed by atoms with van der Waals surface area (Å²) >= 11 is 0. The largest absolute Gasteiger partial charge is 0.377 e. The maximum atomic E-state index is 13.3. The fraction of sp³-hybridized carbons (Fsp3) is 0.0952. The Morgan fingerprint density at radius 2 is 1.80 bits per heavy atom. The molecule has 0 unspecified atom stereocenters. The van der Waals surface area contributed by atoms with Gasteiger partial charge in [0.15, 0.2) is 0 Å². The normalized spacial score (nSPS) is 13.8. The summed E-state index contributed by atoms with van der Waals surface area (Å²) in [6.45, 7) is 0.876. The third-order valence-electron chi connectivity index (χ3n) is 4.36. The quantitative estimate of drug-likeness (QED) is 0.753. The lowest BCUT2D eigenvalue weighted by Gasteiger charge is -2.16. The standard InChI is InChI=1S/C21H18FN3/c1-25-12-8-16(9-13-25)20-14-19(15-6-10-23-11-7-15)21(24-20)17-2-4-18(22)5-3-17/h2-12,14,24H,13H2,1H3. The number of hydrogen-bond acceptors (Lipinski definition) is 2. The van der Waals surface area contributed by atoms with E-state index in [9.17, 15) is 4.39 Å². The van der Waals surface area contributed by atoms with Crippen molar-refractivity contribution in [1.29, 1.82) is 0 Å². The van der Waals surface area contributed by atoms with Crippen LogP contribution in [0.4, 0.5) is 4.39 Å². The summed E-state index contributed by atoms with van der Waals surface area (Å²) in [5.41, 5.74) is 6.30. The SMILES string of the molecule is CN1C=CC(c2cc(-c3ccncc3)c(-c3ccc(F)cc3)[nH]2)=CC1. The van der Waals surface area contributed by atoms with Gasteiger partial charge in [-0.1, -0.05) is 6.08 Å². The molecule has 0 atom stereocenters. The monoisotopic (exact) mass is 331 g/mol. The van der Waals surface area contributed by atoms with Gasteiger partial charge in [0.1, 0.15) is 5.82 Å².